The second-order valence-electron chi connectivity index (χ2n) is 6.70. The number of amides is 1. The molecule has 0 fully saturated rings. The zero-order valence-corrected chi connectivity index (χ0v) is 15.7. The van der Waals surface area contributed by atoms with Gasteiger partial charge in [0.1, 0.15) is 11.4 Å². The van der Waals surface area contributed by atoms with Crippen molar-refractivity contribution in [1.29, 1.82) is 0 Å². The van der Waals surface area contributed by atoms with E-state index in [-0.39, 0.29) is 12.3 Å². The first kappa shape index (κ1) is 17.8. The highest BCUT2D eigenvalue weighted by Crippen LogP contribution is 2.29. The van der Waals surface area contributed by atoms with E-state index in [0.29, 0.717) is 28.5 Å². The molecule has 0 atom stereocenters. The third-order valence-corrected chi connectivity index (χ3v) is 4.62. The van der Waals surface area contributed by atoms with Crippen molar-refractivity contribution >= 4 is 22.6 Å². The normalized spacial score (nSPS) is 10.8. The maximum atomic E-state index is 12.6. The molecule has 5 heteroatoms. The molecule has 4 aromatic rings. The van der Waals surface area contributed by atoms with Gasteiger partial charge in [-0.25, -0.2) is 0 Å². The molecule has 0 spiro atoms. The molecule has 1 amide bonds. The van der Waals surface area contributed by atoms with Crippen LogP contribution in [-0.2, 0) is 11.2 Å². The highest BCUT2D eigenvalue weighted by atomic mass is 16.5. The number of carbonyl (C=O) groups is 1. The molecule has 140 valence electrons. The van der Waals surface area contributed by atoms with Gasteiger partial charge in [0.05, 0.1) is 12.1 Å². The number of hydrogen-bond donors (Lipinski definition) is 1. The van der Waals surface area contributed by atoms with E-state index in [4.69, 9.17) is 9.26 Å². The number of ether oxygens (including phenoxy) is 1. The number of aromatic nitrogens is 1. The summed E-state index contributed by atoms with van der Waals surface area (Å²) in [6.07, 6.45) is 0.120. The number of nitrogens with zero attached hydrogens (tertiary/aromatic N) is 1. The first-order valence-corrected chi connectivity index (χ1v) is 9.07. The van der Waals surface area contributed by atoms with Gasteiger partial charge in [0.2, 0.25) is 5.91 Å². The van der Waals surface area contributed by atoms with Crippen LogP contribution in [0.4, 0.5) is 5.69 Å². The van der Waals surface area contributed by atoms with Crippen LogP contribution in [0.5, 0.6) is 11.5 Å². The van der Waals surface area contributed by atoms with Crippen LogP contribution in [0.3, 0.4) is 0 Å². The van der Waals surface area contributed by atoms with Gasteiger partial charge in [0.15, 0.2) is 11.3 Å². The minimum absolute atomic E-state index is 0.120. The standard InChI is InChI=1S/C23H20N2O3/c1-15-12-18-20(25-28-22(18)13-16(15)2)14-23(26)24-19-10-6-7-11-21(19)27-17-8-4-3-5-9-17/h3-13H,14H2,1-2H3,(H,24,26). The van der Waals surface area contributed by atoms with Gasteiger partial charge in [-0.3, -0.25) is 4.79 Å². The van der Waals surface area contributed by atoms with Gasteiger partial charge in [-0.15, -0.1) is 0 Å². The molecule has 0 aliphatic heterocycles. The van der Waals surface area contributed by atoms with E-state index in [1.54, 1.807) is 0 Å². The monoisotopic (exact) mass is 372 g/mol. The van der Waals surface area contributed by atoms with Crippen molar-refractivity contribution < 1.29 is 14.1 Å². The van der Waals surface area contributed by atoms with E-state index in [0.717, 1.165) is 16.5 Å². The van der Waals surface area contributed by atoms with E-state index < -0.39 is 0 Å². The van der Waals surface area contributed by atoms with Gasteiger partial charge in [-0.2, -0.15) is 0 Å². The molecule has 5 nitrogen and oxygen atoms in total. The van der Waals surface area contributed by atoms with Gasteiger partial charge in [-0.1, -0.05) is 35.5 Å². The summed E-state index contributed by atoms with van der Waals surface area (Å²) in [6, 6.07) is 20.8. The Morgan fingerprint density at radius 1 is 1.00 bits per heavy atom. The van der Waals surface area contributed by atoms with Crippen molar-refractivity contribution in [2.75, 3.05) is 5.32 Å². The first-order chi connectivity index (χ1) is 13.6. The van der Waals surface area contributed by atoms with Gasteiger partial charge in [-0.05, 0) is 61.4 Å². The smallest absolute Gasteiger partial charge is 0.230 e. The molecular weight excluding hydrogens is 352 g/mol. The summed E-state index contributed by atoms with van der Waals surface area (Å²) in [6.45, 7) is 4.05. The average Bonchev–Trinajstić information content (AvgIpc) is 3.06. The fraction of sp³-hybridized carbons (Fsp3) is 0.130. The maximum absolute atomic E-state index is 12.6. The Labute approximate surface area is 162 Å². The van der Waals surface area contributed by atoms with Crippen LogP contribution in [0.15, 0.2) is 71.3 Å². The number of nitrogens with one attached hydrogen (secondary N) is 1. The summed E-state index contributed by atoms with van der Waals surface area (Å²) in [7, 11) is 0. The van der Waals surface area contributed by atoms with E-state index >= 15 is 0 Å². The summed E-state index contributed by atoms with van der Waals surface area (Å²) in [5, 5.41) is 7.86. The molecule has 0 unspecified atom stereocenters. The summed E-state index contributed by atoms with van der Waals surface area (Å²) >= 11 is 0. The second kappa shape index (κ2) is 7.56. The van der Waals surface area contributed by atoms with E-state index in [1.165, 1.54) is 0 Å². The Kier molecular flexibility index (Phi) is 4.81. The van der Waals surface area contributed by atoms with E-state index in [2.05, 4.69) is 10.5 Å². The summed E-state index contributed by atoms with van der Waals surface area (Å²) in [5.74, 6) is 1.11. The Morgan fingerprint density at radius 3 is 2.54 bits per heavy atom. The van der Waals surface area contributed by atoms with E-state index in [1.807, 2.05) is 80.6 Å². The number of benzene rings is 3. The van der Waals surface area contributed by atoms with Gasteiger partial charge in [0.25, 0.3) is 0 Å². The van der Waals surface area contributed by atoms with Crippen LogP contribution in [0.25, 0.3) is 11.0 Å². The third-order valence-electron chi connectivity index (χ3n) is 4.62. The molecule has 0 aliphatic carbocycles. The lowest BCUT2D eigenvalue weighted by Gasteiger charge is -2.12. The van der Waals surface area contributed by atoms with Gasteiger partial charge in [0, 0.05) is 5.39 Å². The zero-order chi connectivity index (χ0) is 19.5. The predicted molar refractivity (Wildman–Crippen MR) is 109 cm³/mol. The van der Waals surface area contributed by atoms with Crippen molar-refractivity contribution in [1.82, 2.24) is 5.16 Å². The van der Waals surface area contributed by atoms with Crippen molar-refractivity contribution in [3.8, 4) is 11.5 Å². The van der Waals surface area contributed by atoms with Gasteiger partial charge < -0.3 is 14.6 Å². The highest BCUT2D eigenvalue weighted by molar-refractivity contribution is 5.96. The molecule has 0 aliphatic rings. The lowest BCUT2D eigenvalue weighted by Crippen LogP contribution is -2.15. The second-order valence-corrected chi connectivity index (χ2v) is 6.70. The minimum Gasteiger partial charge on any atom is -0.455 e. The topological polar surface area (TPSA) is 64.4 Å². The number of para-hydroxylation sites is 3. The number of fused-ring (bicyclic) bond motifs is 1. The Balaban J connectivity index is 1.53. The van der Waals surface area contributed by atoms with Crippen LogP contribution < -0.4 is 10.1 Å². The molecule has 1 N–H and O–H groups in total. The number of carbonyl (C=O) groups excluding carboxylic acids is 1. The fourth-order valence-electron chi connectivity index (χ4n) is 2.99. The van der Waals surface area contributed by atoms with Crippen LogP contribution in [-0.4, -0.2) is 11.1 Å². The summed E-state index contributed by atoms with van der Waals surface area (Å²) < 4.78 is 11.3. The summed E-state index contributed by atoms with van der Waals surface area (Å²) in [5.41, 5.74) is 4.19. The number of rotatable bonds is 5. The Bertz CT molecular complexity index is 1130. The predicted octanol–water partition coefficient (Wildman–Crippen LogP) is 5.42. The molecule has 0 saturated carbocycles. The van der Waals surface area contributed by atoms with Gasteiger partial charge >= 0.3 is 0 Å². The van der Waals surface area contributed by atoms with Crippen LogP contribution in [0, 0.1) is 13.8 Å². The van der Waals surface area contributed by atoms with Crippen molar-refractivity contribution in [3.05, 3.63) is 83.6 Å². The number of aryl methyl sites for hydroxylation is 2. The maximum Gasteiger partial charge on any atom is 0.230 e. The Hall–Kier alpha value is -3.60. The SMILES string of the molecule is Cc1cc2onc(CC(=O)Nc3ccccc3Oc3ccccc3)c2cc1C. The molecule has 0 saturated heterocycles. The minimum atomic E-state index is -0.183. The highest BCUT2D eigenvalue weighted by Gasteiger charge is 2.15. The zero-order valence-electron chi connectivity index (χ0n) is 15.7. The molecule has 0 bridgehead atoms. The van der Waals surface area contributed by atoms with Crippen LogP contribution in [0.1, 0.15) is 16.8 Å². The molecule has 1 heterocycles. The van der Waals surface area contributed by atoms with E-state index in [9.17, 15) is 4.79 Å². The third kappa shape index (κ3) is 3.74. The van der Waals surface area contributed by atoms with Crippen LogP contribution in [0.2, 0.25) is 0 Å². The largest absolute Gasteiger partial charge is 0.455 e. The average molecular weight is 372 g/mol. The number of hydrogen-bond acceptors (Lipinski definition) is 4. The molecule has 1 aromatic heterocycles. The molecular formula is C23H20N2O3. The number of anilines is 1. The van der Waals surface area contributed by atoms with Crippen molar-refractivity contribution in [2.45, 2.75) is 20.3 Å². The molecule has 28 heavy (non-hydrogen) atoms. The quantitative estimate of drug-likeness (QED) is 0.508. The van der Waals surface area contributed by atoms with Crippen molar-refractivity contribution in [2.24, 2.45) is 0 Å². The Morgan fingerprint density at radius 2 is 1.71 bits per heavy atom. The van der Waals surface area contributed by atoms with Crippen molar-refractivity contribution in [3.63, 3.8) is 0 Å². The molecule has 3 aromatic carbocycles. The fourth-order valence-corrected chi connectivity index (χ4v) is 2.99. The van der Waals surface area contributed by atoms with Crippen LogP contribution >= 0.6 is 0 Å². The summed E-state index contributed by atoms with van der Waals surface area (Å²) in [4.78, 5) is 12.6. The lowest BCUT2D eigenvalue weighted by molar-refractivity contribution is -0.115. The molecule has 0 radical (unpaired) electrons. The lowest BCUT2D eigenvalue weighted by atomic mass is 10.1. The first-order valence-electron chi connectivity index (χ1n) is 9.07. The molecule has 4 rings (SSSR count).